The number of carbonyl (C=O) groups is 1. The molecule has 5 nitrogen and oxygen atoms in total. The molecule has 0 aromatic heterocycles. The van der Waals surface area contributed by atoms with Crippen molar-refractivity contribution in [3.63, 3.8) is 0 Å². The smallest absolute Gasteiger partial charge is 0.269 e. The summed E-state index contributed by atoms with van der Waals surface area (Å²) in [4.78, 5) is 22.1. The average molecular weight is 262 g/mol. The van der Waals surface area contributed by atoms with Crippen molar-refractivity contribution in [1.82, 2.24) is 5.32 Å². The molecule has 0 aliphatic heterocycles. The Morgan fingerprint density at radius 3 is 2.47 bits per heavy atom. The van der Waals surface area contributed by atoms with Crippen molar-refractivity contribution < 1.29 is 9.72 Å². The van der Waals surface area contributed by atoms with Gasteiger partial charge in [0.2, 0.25) is 0 Å². The highest BCUT2D eigenvalue weighted by Crippen LogP contribution is 2.24. The van der Waals surface area contributed by atoms with Crippen LogP contribution >= 0.6 is 0 Å². The Morgan fingerprint density at radius 1 is 1.26 bits per heavy atom. The molecule has 0 saturated heterocycles. The lowest BCUT2D eigenvalue weighted by Crippen LogP contribution is -2.41. The summed E-state index contributed by atoms with van der Waals surface area (Å²) in [6, 6.07) is 5.94. The molecular weight excluding hydrogens is 244 g/mol. The van der Waals surface area contributed by atoms with Gasteiger partial charge in [0.05, 0.1) is 4.92 Å². The molecule has 1 aliphatic rings. The summed E-state index contributed by atoms with van der Waals surface area (Å²) < 4.78 is 0. The number of hydrogen-bond acceptors (Lipinski definition) is 3. The Kier molecular flexibility index (Phi) is 4.14. The van der Waals surface area contributed by atoms with Gasteiger partial charge >= 0.3 is 0 Å². The highest BCUT2D eigenvalue weighted by atomic mass is 16.6. The zero-order valence-corrected chi connectivity index (χ0v) is 11.0. The van der Waals surface area contributed by atoms with Crippen molar-refractivity contribution in [2.24, 2.45) is 5.92 Å². The standard InChI is InChI=1S/C14H18N2O3/c1-10-4-2-3-5-13(10)15-14(17)11-6-8-12(9-7-11)16(18)19/h6-10,13H,2-5H2,1H3,(H,15,17)/t10-,13+/m0/s1. The number of nitrogens with zero attached hydrogens (tertiary/aromatic N) is 1. The van der Waals surface area contributed by atoms with E-state index in [0.717, 1.165) is 19.3 Å². The van der Waals surface area contributed by atoms with E-state index in [1.165, 1.54) is 30.7 Å². The van der Waals surface area contributed by atoms with Gasteiger partial charge in [-0.2, -0.15) is 0 Å². The van der Waals surface area contributed by atoms with Crippen molar-refractivity contribution in [3.05, 3.63) is 39.9 Å². The molecule has 0 radical (unpaired) electrons. The first-order valence-corrected chi connectivity index (χ1v) is 6.63. The third kappa shape index (κ3) is 3.30. The van der Waals surface area contributed by atoms with E-state index in [4.69, 9.17) is 0 Å². The van der Waals surface area contributed by atoms with Crippen molar-refractivity contribution in [1.29, 1.82) is 0 Å². The van der Waals surface area contributed by atoms with Crippen LogP contribution in [0, 0.1) is 16.0 Å². The van der Waals surface area contributed by atoms with Crippen LogP contribution in [0.1, 0.15) is 43.0 Å². The molecule has 1 fully saturated rings. The average Bonchev–Trinajstić information content (AvgIpc) is 2.41. The van der Waals surface area contributed by atoms with Crippen LogP contribution in [-0.4, -0.2) is 16.9 Å². The van der Waals surface area contributed by atoms with Crippen LogP contribution < -0.4 is 5.32 Å². The summed E-state index contributed by atoms with van der Waals surface area (Å²) in [7, 11) is 0. The third-order valence-corrected chi connectivity index (χ3v) is 3.77. The van der Waals surface area contributed by atoms with Crippen molar-refractivity contribution in [3.8, 4) is 0 Å². The lowest BCUT2D eigenvalue weighted by atomic mass is 9.86. The maximum Gasteiger partial charge on any atom is 0.269 e. The van der Waals surface area contributed by atoms with E-state index in [0.29, 0.717) is 11.5 Å². The molecule has 0 heterocycles. The second kappa shape index (κ2) is 5.82. The van der Waals surface area contributed by atoms with E-state index in [1.807, 2.05) is 0 Å². The number of benzene rings is 1. The molecule has 1 N–H and O–H groups in total. The number of rotatable bonds is 3. The first-order valence-electron chi connectivity index (χ1n) is 6.63. The maximum absolute atomic E-state index is 12.1. The van der Waals surface area contributed by atoms with Gasteiger partial charge in [0.15, 0.2) is 0 Å². The van der Waals surface area contributed by atoms with Gasteiger partial charge in [0.25, 0.3) is 11.6 Å². The number of nitro benzene ring substituents is 1. The quantitative estimate of drug-likeness (QED) is 0.672. The van der Waals surface area contributed by atoms with Crippen LogP contribution in [0.15, 0.2) is 24.3 Å². The van der Waals surface area contributed by atoms with Gasteiger partial charge in [-0.15, -0.1) is 0 Å². The third-order valence-electron chi connectivity index (χ3n) is 3.77. The van der Waals surface area contributed by atoms with E-state index in [1.54, 1.807) is 0 Å². The topological polar surface area (TPSA) is 72.2 Å². The monoisotopic (exact) mass is 262 g/mol. The summed E-state index contributed by atoms with van der Waals surface area (Å²) in [5, 5.41) is 13.6. The molecule has 1 aromatic carbocycles. The van der Waals surface area contributed by atoms with Crippen LogP contribution in [0.25, 0.3) is 0 Å². The van der Waals surface area contributed by atoms with Gasteiger partial charge in [-0.25, -0.2) is 0 Å². The number of carbonyl (C=O) groups excluding carboxylic acids is 1. The fraction of sp³-hybridized carbons (Fsp3) is 0.500. The number of non-ortho nitro benzene ring substituents is 1. The lowest BCUT2D eigenvalue weighted by Gasteiger charge is -2.29. The van der Waals surface area contributed by atoms with Crippen molar-refractivity contribution in [2.45, 2.75) is 38.6 Å². The van der Waals surface area contributed by atoms with E-state index < -0.39 is 4.92 Å². The number of nitrogens with one attached hydrogen (secondary N) is 1. The summed E-state index contributed by atoms with van der Waals surface area (Å²) in [5.41, 5.74) is 0.478. The Morgan fingerprint density at radius 2 is 1.89 bits per heavy atom. The normalized spacial score (nSPS) is 22.8. The van der Waals surface area contributed by atoms with Crippen molar-refractivity contribution >= 4 is 11.6 Å². The summed E-state index contributed by atoms with van der Waals surface area (Å²) >= 11 is 0. The van der Waals surface area contributed by atoms with Crippen molar-refractivity contribution in [2.75, 3.05) is 0 Å². The van der Waals surface area contributed by atoms with Crippen LogP contribution in [-0.2, 0) is 0 Å². The van der Waals surface area contributed by atoms with E-state index in [2.05, 4.69) is 12.2 Å². The molecule has 0 unspecified atom stereocenters. The minimum absolute atomic E-state index is 0.00239. The van der Waals surface area contributed by atoms with Gasteiger partial charge in [-0.3, -0.25) is 14.9 Å². The Hall–Kier alpha value is -1.91. The molecule has 102 valence electrons. The summed E-state index contributed by atoms with van der Waals surface area (Å²) in [6.07, 6.45) is 4.53. The highest BCUT2D eigenvalue weighted by Gasteiger charge is 2.23. The van der Waals surface area contributed by atoms with Crippen LogP contribution in [0.2, 0.25) is 0 Å². The predicted molar refractivity (Wildman–Crippen MR) is 72.0 cm³/mol. The van der Waals surface area contributed by atoms with Gasteiger partial charge in [0, 0.05) is 23.7 Å². The fourth-order valence-electron chi connectivity index (χ4n) is 2.52. The van der Waals surface area contributed by atoms with Crippen LogP contribution in [0.5, 0.6) is 0 Å². The number of nitro groups is 1. The molecule has 1 amide bonds. The largest absolute Gasteiger partial charge is 0.349 e. The minimum Gasteiger partial charge on any atom is -0.349 e. The van der Waals surface area contributed by atoms with E-state index in [9.17, 15) is 14.9 Å². The second-order valence-corrected chi connectivity index (χ2v) is 5.15. The fourth-order valence-corrected chi connectivity index (χ4v) is 2.52. The molecule has 1 aromatic rings. The van der Waals surface area contributed by atoms with Crippen LogP contribution in [0.4, 0.5) is 5.69 Å². The van der Waals surface area contributed by atoms with E-state index >= 15 is 0 Å². The molecule has 0 bridgehead atoms. The molecule has 2 rings (SSSR count). The lowest BCUT2D eigenvalue weighted by molar-refractivity contribution is -0.384. The zero-order chi connectivity index (χ0) is 13.8. The second-order valence-electron chi connectivity index (χ2n) is 5.15. The molecule has 1 aliphatic carbocycles. The molecule has 19 heavy (non-hydrogen) atoms. The predicted octanol–water partition coefficient (Wildman–Crippen LogP) is 2.90. The molecule has 5 heteroatoms. The molecule has 2 atom stereocenters. The summed E-state index contributed by atoms with van der Waals surface area (Å²) in [6.45, 7) is 2.15. The Balaban J connectivity index is 2.01. The SMILES string of the molecule is C[C@H]1CCCC[C@H]1NC(=O)c1ccc([N+](=O)[O-])cc1. The molecule has 1 saturated carbocycles. The van der Waals surface area contributed by atoms with Gasteiger partial charge in [-0.05, 0) is 30.9 Å². The van der Waals surface area contributed by atoms with E-state index in [-0.39, 0.29) is 17.6 Å². The number of amides is 1. The summed E-state index contributed by atoms with van der Waals surface area (Å²) in [5.74, 6) is 0.351. The Labute approximate surface area is 112 Å². The molecule has 0 spiro atoms. The van der Waals surface area contributed by atoms with Gasteiger partial charge in [-0.1, -0.05) is 19.8 Å². The molecular formula is C14H18N2O3. The minimum atomic E-state index is -0.467. The first-order chi connectivity index (χ1) is 9.08. The van der Waals surface area contributed by atoms with Crippen LogP contribution in [0.3, 0.4) is 0 Å². The first kappa shape index (κ1) is 13.5. The highest BCUT2D eigenvalue weighted by molar-refractivity contribution is 5.94. The maximum atomic E-state index is 12.1. The Bertz CT molecular complexity index is 470. The van der Waals surface area contributed by atoms with Gasteiger partial charge < -0.3 is 5.32 Å². The van der Waals surface area contributed by atoms with Gasteiger partial charge in [0.1, 0.15) is 0 Å². The zero-order valence-electron chi connectivity index (χ0n) is 11.0. The number of hydrogen-bond donors (Lipinski definition) is 1.